The molecule has 0 radical (unpaired) electrons. The minimum Gasteiger partial charge on any atom is -0.491 e. The number of amides is 1. The van der Waals surface area contributed by atoms with E-state index in [-0.39, 0.29) is 18.4 Å². The third kappa shape index (κ3) is 5.45. The lowest BCUT2D eigenvalue weighted by Gasteiger charge is -2.18. The molecule has 0 aromatic heterocycles. The Balaban J connectivity index is 2.68. The van der Waals surface area contributed by atoms with Crippen LogP contribution in [0.5, 0.6) is 5.75 Å². The molecule has 0 aliphatic rings. The van der Waals surface area contributed by atoms with E-state index in [1.54, 1.807) is 18.2 Å². The van der Waals surface area contributed by atoms with Crippen LogP contribution in [-0.4, -0.2) is 23.1 Å². The Morgan fingerprint density at radius 2 is 2.05 bits per heavy atom. The van der Waals surface area contributed by atoms with E-state index in [2.05, 4.69) is 5.32 Å². The number of hydrogen-bond donors (Lipinski definition) is 2. The molecule has 5 nitrogen and oxygen atoms in total. The maximum Gasteiger partial charge on any atom is 0.309 e. The summed E-state index contributed by atoms with van der Waals surface area (Å²) in [4.78, 5) is 22.9. The third-order valence-electron chi connectivity index (χ3n) is 3.21. The predicted molar refractivity (Wildman–Crippen MR) is 81.5 cm³/mol. The molecule has 0 fully saturated rings. The first-order chi connectivity index (χ1) is 9.74. The van der Waals surface area contributed by atoms with Crippen molar-refractivity contribution in [3.8, 4) is 5.75 Å². The van der Waals surface area contributed by atoms with Gasteiger partial charge in [0.1, 0.15) is 5.75 Å². The van der Waals surface area contributed by atoms with Gasteiger partial charge in [0.15, 0.2) is 0 Å². The molecule has 21 heavy (non-hydrogen) atoms. The normalized spacial score (nSPS) is 12.6. The number of aliphatic carboxylic acids is 1. The van der Waals surface area contributed by atoms with Crippen LogP contribution in [0.3, 0.4) is 0 Å². The van der Waals surface area contributed by atoms with Crippen LogP contribution in [0, 0.1) is 5.41 Å². The highest BCUT2D eigenvalue weighted by Crippen LogP contribution is 2.23. The lowest BCUT2D eigenvalue weighted by Crippen LogP contribution is -2.29. The molecule has 1 amide bonds. The molecule has 1 atom stereocenters. The first-order valence-electron chi connectivity index (χ1n) is 7.04. The van der Waals surface area contributed by atoms with Crippen LogP contribution in [0.4, 0.5) is 5.69 Å². The summed E-state index contributed by atoms with van der Waals surface area (Å²) in [5.41, 5.74) is -0.489. The van der Waals surface area contributed by atoms with Gasteiger partial charge in [-0.05, 0) is 39.3 Å². The molecule has 2 N–H and O–H groups in total. The summed E-state index contributed by atoms with van der Waals surface area (Å²) in [6, 6.07) is 7.09. The summed E-state index contributed by atoms with van der Waals surface area (Å²) < 4.78 is 5.68. The largest absolute Gasteiger partial charge is 0.491 e. The first kappa shape index (κ1) is 17.0. The average Bonchev–Trinajstić information content (AvgIpc) is 2.37. The fourth-order valence-electron chi connectivity index (χ4n) is 1.64. The quantitative estimate of drug-likeness (QED) is 0.808. The number of carbonyl (C=O) groups is 2. The number of carboxylic acids is 1. The van der Waals surface area contributed by atoms with Gasteiger partial charge in [0.05, 0.1) is 11.5 Å². The Morgan fingerprint density at radius 1 is 1.38 bits per heavy atom. The van der Waals surface area contributed by atoms with Crippen molar-refractivity contribution < 1.29 is 19.4 Å². The van der Waals surface area contributed by atoms with Crippen molar-refractivity contribution in [3.05, 3.63) is 24.3 Å². The van der Waals surface area contributed by atoms with Gasteiger partial charge in [-0.3, -0.25) is 9.59 Å². The number of nitrogens with one attached hydrogen (secondary N) is 1. The molecule has 0 bridgehead atoms. The van der Waals surface area contributed by atoms with Crippen molar-refractivity contribution in [1.29, 1.82) is 0 Å². The number of carboxylic acid groups (broad SMARTS) is 1. The zero-order valence-corrected chi connectivity index (χ0v) is 13.0. The molecular formula is C16H23NO4. The number of benzene rings is 1. The standard InChI is InChI=1S/C16H23NO4/c1-5-11(2)21-13-8-6-7-12(9-13)17-14(18)10-16(3,4)15(19)20/h6-9,11H,5,10H2,1-4H3,(H,17,18)(H,19,20)/t11-/m1/s1. The number of hydrogen-bond acceptors (Lipinski definition) is 3. The van der Waals surface area contributed by atoms with E-state index in [1.165, 1.54) is 13.8 Å². The van der Waals surface area contributed by atoms with Gasteiger partial charge in [-0.25, -0.2) is 0 Å². The summed E-state index contributed by atoms with van der Waals surface area (Å²) in [6.07, 6.45) is 0.907. The summed E-state index contributed by atoms with van der Waals surface area (Å²) in [5.74, 6) is -0.644. The minimum absolute atomic E-state index is 0.0845. The van der Waals surface area contributed by atoms with E-state index < -0.39 is 11.4 Å². The zero-order chi connectivity index (χ0) is 16.0. The van der Waals surface area contributed by atoms with E-state index in [0.717, 1.165) is 6.42 Å². The molecule has 0 aliphatic heterocycles. The van der Waals surface area contributed by atoms with Crippen LogP contribution in [0.1, 0.15) is 40.5 Å². The maximum absolute atomic E-state index is 11.9. The van der Waals surface area contributed by atoms with Crippen molar-refractivity contribution >= 4 is 17.6 Å². The average molecular weight is 293 g/mol. The fraction of sp³-hybridized carbons (Fsp3) is 0.500. The molecule has 1 aromatic rings. The monoisotopic (exact) mass is 293 g/mol. The Morgan fingerprint density at radius 3 is 2.62 bits per heavy atom. The highest BCUT2D eigenvalue weighted by atomic mass is 16.5. The van der Waals surface area contributed by atoms with E-state index in [0.29, 0.717) is 11.4 Å². The second kappa shape index (κ2) is 7.11. The van der Waals surface area contributed by atoms with Gasteiger partial charge in [0.25, 0.3) is 0 Å². The van der Waals surface area contributed by atoms with Gasteiger partial charge >= 0.3 is 5.97 Å². The van der Waals surface area contributed by atoms with E-state index in [9.17, 15) is 9.59 Å². The second-order valence-electron chi connectivity index (χ2n) is 5.78. The number of anilines is 1. The van der Waals surface area contributed by atoms with Gasteiger partial charge in [-0.2, -0.15) is 0 Å². The van der Waals surface area contributed by atoms with Gasteiger partial charge in [-0.15, -0.1) is 0 Å². The Bertz CT molecular complexity index is 511. The first-order valence-corrected chi connectivity index (χ1v) is 7.04. The Labute approximate surface area is 125 Å². The highest BCUT2D eigenvalue weighted by Gasteiger charge is 2.30. The van der Waals surface area contributed by atoms with Crippen LogP contribution >= 0.6 is 0 Å². The molecule has 116 valence electrons. The predicted octanol–water partition coefficient (Wildman–Crippen LogP) is 3.30. The van der Waals surface area contributed by atoms with Crippen LogP contribution < -0.4 is 10.1 Å². The zero-order valence-electron chi connectivity index (χ0n) is 13.0. The molecule has 1 rings (SSSR count). The summed E-state index contributed by atoms with van der Waals surface area (Å²) in [5, 5.41) is 11.7. The molecule has 0 heterocycles. The SMILES string of the molecule is CC[C@@H](C)Oc1cccc(NC(=O)CC(C)(C)C(=O)O)c1. The molecule has 1 aromatic carbocycles. The molecule has 0 aliphatic carbocycles. The van der Waals surface area contributed by atoms with Crippen molar-refractivity contribution in [1.82, 2.24) is 0 Å². The highest BCUT2D eigenvalue weighted by molar-refractivity contribution is 5.94. The smallest absolute Gasteiger partial charge is 0.309 e. The molecule has 5 heteroatoms. The van der Waals surface area contributed by atoms with Crippen molar-refractivity contribution in [2.45, 2.75) is 46.6 Å². The summed E-state index contributed by atoms with van der Waals surface area (Å²) in [6.45, 7) is 7.06. The number of rotatable bonds is 7. The van der Waals surface area contributed by atoms with E-state index in [1.807, 2.05) is 19.9 Å². The Kier molecular flexibility index (Phi) is 5.76. The molecule has 0 spiro atoms. The third-order valence-corrected chi connectivity index (χ3v) is 3.21. The van der Waals surface area contributed by atoms with Gasteiger partial charge in [-0.1, -0.05) is 13.0 Å². The van der Waals surface area contributed by atoms with Gasteiger partial charge < -0.3 is 15.2 Å². The van der Waals surface area contributed by atoms with Crippen LogP contribution in [0.2, 0.25) is 0 Å². The minimum atomic E-state index is -1.09. The summed E-state index contributed by atoms with van der Waals surface area (Å²) in [7, 11) is 0. The van der Waals surface area contributed by atoms with Crippen molar-refractivity contribution in [2.24, 2.45) is 5.41 Å². The van der Waals surface area contributed by atoms with Crippen molar-refractivity contribution in [2.75, 3.05) is 5.32 Å². The van der Waals surface area contributed by atoms with Crippen LogP contribution in [-0.2, 0) is 9.59 Å². The van der Waals surface area contributed by atoms with Crippen molar-refractivity contribution in [3.63, 3.8) is 0 Å². The lowest BCUT2D eigenvalue weighted by atomic mass is 9.89. The molecule has 0 unspecified atom stereocenters. The second-order valence-corrected chi connectivity index (χ2v) is 5.78. The van der Waals surface area contributed by atoms with Gasteiger partial charge in [0, 0.05) is 18.2 Å². The number of carbonyl (C=O) groups excluding carboxylic acids is 1. The molecular weight excluding hydrogens is 270 g/mol. The Hall–Kier alpha value is -2.04. The number of ether oxygens (including phenoxy) is 1. The topological polar surface area (TPSA) is 75.6 Å². The van der Waals surface area contributed by atoms with E-state index in [4.69, 9.17) is 9.84 Å². The fourth-order valence-corrected chi connectivity index (χ4v) is 1.64. The van der Waals surface area contributed by atoms with Gasteiger partial charge in [0.2, 0.25) is 5.91 Å². The summed E-state index contributed by atoms with van der Waals surface area (Å²) >= 11 is 0. The van der Waals surface area contributed by atoms with Crippen LogP contribution in [0.15, 0.2) is 24.3 Å². The maximum atomic E-state index is 11.9. The van der Waals surface area contributed by atoms with Crippen LogP contribution in [0.25, 0.3) is 0 Å². The lowest BCUT2D eigenvalue weighted by molar-refractivity contribution is -0.148. The molecule has 0 saturated heterocycles. The molecule has 0 saturated carbocycles. The van der Waals surface area contributed by atoms with E-state index >= 15 is 0 Å².